The Morgan fingerprint density at radius 1 is 1.21 bits per heavy atom. The summed E-state index contributed by atoms with van der Waals surface area (Å²) in [6.07, 6.45) is -0.557. The third-order valence-corrected chi connectivity index (χ3v) is 3.06. The van der Waals surface area contributed by atoms with Crippen LogP contribution in [0.3, 0.4) is 0 Å². The third kappa shape index (κ3) is 11.0. The minimum absolute atomic E-state index is 0.0137. The SMILES string of the molecule is CCOC(=O)C(=CP(=O)(O)O)COCCP(=O)(O)O. The molecule has 0 atom stereocenters. The van der Waals surface area contributed by atoms with E-state index >= 15 is 0 Å². The highest BCUT2D eigenvalue weighted by atomic mass is 31.2. The molecule has 0 saturated carbocycles. The molecule has 19 heavy (non-hydrogen) atoms. The predicted molar refractivity (Wildman–Crippen MR) is 64.5 cm³/mol. The number of hydrogen-bond acceptors (Lipinski definition) is 5. The molecular formula is C8H16O9P2. The van der Waals surface area contributed by atoms with Crippen molar-refractivity contribution < 1.29 is 43.0 Å². The molecule has 11 heteroatoms. The van der Waals surface area contributed by atoms with Crippen LogP contribution in [-0.2, 0) is 23.4 Å². The van der Waals surface area contributed by atoms with Crippen LogP contribution in [0.4, 0.5) is 0 Å². The predicted octanol–water partition coefficient (Wildman–Crippen LogP) is -0.195. The average molecular weight is 318 g/mol. The summed E-state index contributed by atoms with van der Waals surface area (Å²) in [5.41, 5.74) is -0.402. The van der Waals surface area contributed by atoms with Crippen molar-refractivity contribution in [2.24, 2.45) is 0 Å². The number of ether oxygens (including phenoxy) is 2. The van der Waals surface area contributed by atoms with Gasteiger partial charge in [0, 0.05) is 5.82 Å². The molecule has 0 saturated heterocycles. The van der Waals surface area contributed by atoms with E-state index in [1.807, 2.05) is 0 Å². The van der Waals surface area contributed by atoms with E-state index in [1.165, 1.54) is 6.92 Å². The molecule has 0 radical (unpaired) electrons. The monoisotopic (exact) mass is 318 g/mol. The van der Waals surface area contributed by atoms with Crippen molar-refractivity contribution in [2.45, 2.75) is 6.92 Å². The van der Waals surface area contributed by atoms with Gasteiger partial charge in [-0.25, -0.2) is 4.79 Å². The molecule has 0 spiro atoms. The minimum Gasteiger partial charge on any atom is -0.463 e. The first kappa shape index (κ1) is 18.5. The number of carbonyl (C=O) groups is 1. The second kappa shape index (κ2) is 7.91. The molecular weight excluding hydrogens is 302 g/mol. The van der Waals surface area contributed by atoms with Crippen LogP contribution in [0.15, 0.2) is 11.4 Å². The molecule has 0 amide bonds. The lowest BCUT2D eigenvalue weighted by Gasteiger charge is -2.09. The smallest absolute Gasteiger partial charge is 0.349 e. The molecule has 9 nitrogen and oxygen atoms in total. The van der Waals surface area contributed by atoms with Crippen LogP contribution in [0.2, 0.25) is 0 Å². The van der Waals surface area contributed by atoms with E-state index in [0.717, 1.165) is 0 Å². The maximum absolute atomic E-state index is 11.3. The largest absolute Gasteiger partial charge is 0.463 e. The number of hydrogen-bond donors (Lipinski definition) is 4. The molecule has 0 aliphatic heterocycles. The Kier molecular flexibility index (Phi) is 7.69. The Morgan fingerprint density at radius 2 is 1.79 bits per heavy atom. The van der Waals surface area contributed by atoms with Gasteiger partial charge in [0.15, 0.2) is 0 Å². The Balaban J connectivity index is 4.54. The molecule has 0 fully saturated rings. The minimum atomic E-state index is -4.58. The lowest BCUT2D eigenvalue weighted by molar-refractivity contribution is -0.139. The quantitative estimate of drug-likeness (QED) is 0.206. The van der Waals surface area contributed by atoms with Crippen molar-refractivity contribution >= 4 is 21.2 Å². The summed E-state index contributed by atoms with van der Waals surface area (Å²) < 4.78 is 30.6. The van der Waals surface area contributed by atoms with Crippen LogP contribution >= 0.6 is 15.2 Å². The Labute approximate surface area is 109 Å². The summed E-state index contributed by atoms with van der Waals surface area (Å²) in [5.74, 6) is -0.551. The fraction of sp³-hybridized carbons (Fsp3) is 0.625. The second-order valence-electron chi connectivity index (χ2n) is 3.40. The van der Waals surface area contributed by atoms with Gasteiger partial charge < -0.3 is 29.0 Å². The van der Waals surface area contributed by atoms with Crippen LogP contribution in [0, 0.1) is 0 Å². The zero-order valence-corrected chi connectivity index (χ0v) is 11.9. The molecule has 0 unspecified atom stereocenters. The number of esters is 1. The van der Waals surface area contributed by atoms with Crippen molar-refractivity contribution in [1.82, 2.24) is 0 Å². The third-order valence-electron chi connectivity index (χ3n) is 1.65. The van der Waals surface area contributed by atoms with Gasteiger partial charge in [0.2, 0.25) is 0 Å². The van der Waals surface area contributed by atoms with Crippen LogP contribution in [-0.4, -0.2) is 51.5 Å². The zero-order valence-electron chi connectivity index (χ0n) is 10.1. The van der Waals surface area contributed by atoms with Gasteiger partial charge in [-0.05, 0) is 6.92 Å². The highest BCUT2D eigenvalue weighted by Crippen LogP contribution is 2.38. The Hall–Kier alpha value is -0.530. The van der Waals surface area contributed by atoms with Crippen molar-refractivity contribution in [2.75, 3.05) is 26.0 Å². The van der Waals surface area contributed by atoms with E-state index in [9.17, 15) is 13.9 Å². The first-order chi connectivity index (χ1) is 8.55. The maximum atomic E-state index is 11.3. The standard InChI is InChI=1S/C8H16O9P2/c1-2-17-8(9)7(6-19(13,14)15)5-16-3-4-18(10,11)12/h6H,2-5H2,1H3,(H2,10,11,12)(H2,13,14,15). The molecule has 0 bridgehead atoms. The molecule has 0 aromatic carbocycles. The van der Waals surface area contributed by atoms with E-state index in [2.05, 4.69) is 4.74 Å². The maximum Gasteiger partial charge on any atom is 0.349 e. The molecule has 0 aromatic heterocycles. The normalized spacial score (nSPS) is 13.4. The average Bonchev–Trinajstić information content (AvgIpc) is 2.19. The molecule has 0 rings (SSSR count). The van der Waals surface area contributed by atoms with Gasteiger partial charge in [-0.3, -0.25) is 9.13 Å². The van der Waals surface area contributed by atoms with Crippen LogP contribution in [0.25, 0.3) is 0 Å². The molecule has 0 heterocycles. The van der Waals surface area contributed by atoms with Gasteiger partial charge in [0.05, 0.1) is 31.6 Å². The van der Waals surface area contributed by atoms with E-state index in [1.54, 1.807) is 0 Å². The second-order valence-corrected chi connectivity index (χ2v) is 6.62. The van der Waals surface area contributed by atoms with Gasteiger partial charge in [-0.2, -0.15) is 0 Å². The fourth-order valence-electron chi connectivity index (χ4n) is 0.941. The van der Waals surface area contributed by atoms with Crippen molar-refractivity contribution in [1.29, 1.82) is 0 Å². The Morgan fingerprint density at radius 3 is 2.21 bits per heavy atom. The molecule has 0 aliphatic carbocycles. The summed E-state index contributed by atoms with van der Waals surface area (Å²) in [4.78, 5) is 45.9. The van der Waals surface area contributed by atoms with E-state index < -0.39 is 39.5 Å². The van der Waals surface area contributed by atoms with Crippen LogP contribution < -0.4 is 0 Å². The van der Waals surface area contributed by atoms with Gasteiger partial charge in [-0.15, -0.1) is 0 Å². The number of carbonyl (C=O) groups excluding carboxylic acids is 1. The van der Waals surface area contributed by atoms with E-state index in [-0.39, 0.29) is 13.2 Å². The zero-order chi connectivity index (χ0) is 15.1. The lowest BCUT2D eigenvalue weighted by atomic mass is 10.3. The highest BCUT2D eigenvalue weighted by Gasteiger charge is 2.19. The summed E-state index contributed by atoms with van der Waals surface area (Å²) in [5, 5.41) is 0. The molecule has 4 N–H and O–H groups in total. The van der Waals surface area contributed by atoms with Crippen LogP contribution in [0.1, 0.15) is 6.92 Å². The van der Waals surface area contributed by atoms with Gasteiger partial charge in [-0.1, -0.05) is 0 Å². The summed E-state index contributed by atoms with van der Waals surface area (Å²) in [6, 6.07) is 0. The molecule has 0 aliphatic rings. The van der Waals surface area contributed by atoms with E-state index in [4.69, 9.17) is 24.3 Å². The first-order valence-electron chi connectivity index (χ1n) is 5.11. The first-order valence-corrected chi connectivity index (χ1v) is 8.59. The van der Waals surface area contributed by atoms with Crippen LogP contribution in [0.5, 0.6) is 0 Å². The highest BCUT2D eigenvalue weighted by molar-refractivity contribution is 7.55. The molecule has 112 valence electrons. The summed E-state index contributed by atoms with van der Waals surface area (Å²) >= 11 is 0. The topological polar surface area (TPSA) is 151 Å². The van der Waals surface area contributed by atoms with Gasteiger partial charge >= 0.3 is 21.2 Å². The van der Waals surface area contributed by atoms with E-state index in [0.29, 0.717) is 5.82 Å². The van der Waals surface area contributed by atoms with Gasteiger partial charge in [0.1, 0.15) is 0 Å². The van der Waals surface area contributed by atoms with Crippen molar-refractivity contribution in [3.8, 4) is 0 Å². The number of rotatable bonds is 8. The fourth-order valence-corrected chi connectivity index (χ4v) is 1.89. The Bertz CT molecular complexity index is 418. The van der Waals surface area contributed by atoms with Crippen molar-refractivity contribution in [3.63, 3.8) is 0 Å². The molecule has 0 aromatic rings. The lowest BCUT2D eigenvalue weighted by Crippen LogP contribution is -2.14. The summed E-state index contributed by atoms with van der Waals surface area (Å²) in [7, 11) is -8.79. The summed E-state index contributed by atoms with van der Waals surface area (Å²) in [6.45, 7) is 0.660. The van der Waals surface area contributed by atoms with Crippen molar-refractivity contribution in [3.05, 3.63) is 11.4 Å². The van der Waals surface area contributed by atoms with Gasteiger partial charge in [0.25, 0.3) is 0 Å².